The largest absolute Gasteiger partial charge is 0.495 e. The highest BCUT2D eigenvalue weighted by Gasteiger charge is 2.13. The minimum atomic E-state index is -0.678. The monoisotopic (exact) mass is 231 g/mol. The molecule has 88 valence electrons. The fourth-order valence-electron chi connectivity index (χ4n) is 1.49. The van der Waals surface area contributed by atoms with Gasteiger partial charge in [-0.25, -0.2) is 0 Å². The molecule has 2 aromatic rings. The molecule has 1 atom stereocenters. The maximum absolute atomic E-state index is 9.61. The summed E-state index contributed by atoms with van der Waals surface area (Å²) in [5, 5.41) is 9.61. The molecule has 2 aromatic heterocycles. The van der Waals surface area contributed by atoms with Crippen LogP contribution in [0, 0.1) is 0 Å². The van der Waals surface area contributed by atoms with E-state index in [-0.39, 0.29) is 0 Å². The van der Waals surface area contributed by atoms with Crippen molar-refractivity contribution >= 4 is 0 Å². The maximum Gasteiger partial charge on any atom is 0.137 e. The fourth-order valence-corrected chi connectivity index (χ4v) is 1.49. The third kappa shape index (κ3) is 2.39. The first-order chi connectivity index (χ1) is 8.22. The normalized spacial score (nSPS) is 12.2. The van der Waals surface area contributed by atoms with Crippen molar-refractivity contribution in [1.29, 1.82) is 0 Å². The van der Waals surface area contributed by atoms with E-state index in [9.17, 15) is 5.11 Å². The second kappa shape index (κ2) is 4.88. The van der Waals surface area contributed by atoms with Gasteiger partial charge >= 0.3 is 0 Å². The third-order valence-electron chi connectivity index (χ3n) is 2.34. The summed E-state index contributed by atoms with van der Waals surface area (Å²) in [6.45, 7) is 1.65. The van der Waals surface area contributed by atoms with Gasteiger partial charge in [0.1, 0.15) is 11.4 Å². The van der Waals surface area contributed by atoms with Crippen molar-refractivity contribution in [3.8, 4) is 17.1 Å². The van der Waals surface area contributed by atoms with Crippen LogP contribution in [-0.4, -0.2) is 27.2 Å². The third-order valence-corrected chi connectivity index (χ3v) is 2.34. The van der Waals surface area contributed by atoms with Crippen molar-refractivity contribution in [2.75, 3.05) is 7.11 Å². The van der Waals surface area contributed by atoms with Crippen LogP contribution in [0.15, 0.2) is 30.7 Å². The van der Waals surface area contributed by atoms with Crippen molar-refractivity contribution in [3.63, 3.8) is 0 Å². The van der Waals surface area contributed by atoms with Gasteiger partial charge in [-0.15, -0.1) is 0 Å². The van der Waals surface area contributed by atoms with Gasteiger partial charge in [0.05, 0.1) is 30.8 Å². The van der Waals surface area contributed by atoms with Gasteiger partial charge in [-0.2, -0.15) is 0 Å². The number of ether oxygens (including phenoxy) is 1. The van der Waals surface area contributed by atoms with E-state index in [1.165, 1.54) is 0 Å². The van der Waals surface area contributed by atoms with Crippen LogP contribution in [0.2, 0.25) is 0 Å². The average Bonchev–Trinajstić information content (AvgIpc) is 2.39. The fraction of sp³-hybridized carbons (Fsp3) is 0.250. The Kier molecular flexibility index (Phi) is 3.30. The Morgan fingerprint density at radius 1 is 1.18 bits per heavy atom. The Bertz CT molecular complexity index is 497. The molecule has 17 heavy (non-hydrogen) atoms. The van der Waals surface area contributed by atoms with Crippen LogP contribution < -0.4 is 4.74 Å². The molecule has 0 aliphatic rings. The van der Waals surface area contributed by atoms with Crippen LogP contribution in [0.3, 0.4) is 0 Å². The molecule has 5 heteroatoms. The average molecular weight is 231 g/mol. The minimum absolute atomic E-state index is 0.519. The van der Waals surface area contributed by atoms with Gasteiger partial charge < -0.3 is 9.84 Å². The van der Waals surface area contributed by atoms with Crippen LogP contribution >= 0.6 is 0 Å². The zero-order chi connectivity index (χ0) is 12.3. The summed E-state index contributed by atoms with van der Waals surface area (Å²) in [4.78, 5) is 12.5. The summed E-state index contributed by atoms with van der Waals surface area (Å²) in [5.74, 6) is 0.677. The molecule has 0 fully saturated rings. The lowest BCUT2D eigenvalue weighted by atomic mass is 10.1. The molecular weight excluding hydrogens is 218 g/mol. The predicted molar refractivity (Wildman–Crippen MR) is 62.4 cm³/mol. The molecule has 2 rings (SSSR count). The standard InChI is InChI=1S/C12H13N3O2/c1-8(16)11-12(14-6-5-13-11)10-4-3-9(17-2)7-15-10/h3-8,16H,1-2H3. The molecule has 5 nitrogen and oxygen atoms in total. The van der Waals surface area contributed by atoms with Crippen LogP contribution in [0.5, 0.6) is 5.75 Å². The van der Waals surface area contributed by atoms with Gasteiger partial charge in [-0.05, 0) is 19.1 Å². The molecular formula is C12H13N3O2. The number of rotatable bonds is 3. The van der Waals surface area contributed by atoms with Crippen molar-refractivity contribution in [1.82, 2.24) is 15.0 Å². The summed E-state index contributed by atoms with van der Waals surface area (Å²) >= 11 is 0. The van der Waals surface area contributed by atoms with Gasteiger partial charge in [0.25, 0.3) is 0 Å². The highest BCUT2D eigenvalue weighted by molar-refractivity contribution is 5.57. The highest BCUT2D eigenvalue weighted by Crippen LogP contribution is 2.23. The van der Waals surface area contributed by atoms with Gasteiger partial charge in [0.2, 0.25) is 0 Å². The molecule has 1 unspecified atom stereocenters. The minimum Gasteiger partial charge on any atom is -0.495 e. The van der Waals surface area contributed by atoms with Gasteiger partial charge in [-0.1, -0.05) is 0 Å². The molecule has 0 aromatic carbocycles. The Balaban J connectivity index is 2.45. The van der Waals surface area contributed by atoms with E-state index in [4.69, 9.17) is 4.74 Å². The number of hydrogen-bond donors (Lipinski definition) is 1. The van der Waals surface area contributed by atoms with Crippen LogP contribution in [0.1, 0.15) is 18.7 Å². The number of pyridine rings is 1. The first-order valence-electron chi connectivity index (χ1n) is 5.21. The molecule has 0 spiro atoms. The molecule has 2 heterocycles. The summed E-state index contributed by atoms with van der Waals surface area (Å²) < 4.78 is 5.03. The Hall–Kier alpha value is -2.01. The zero-order valence-electron chi connectivity index (χ0n) is 9.66. The van der Waals surface area contributed by atoms with E-state index in [2.05, 4.69) is 15.0 Å². The first kappa shape index (κ1) is 11.5. The number of nitrogens with zero attached hydrogens (tertiary/aromatic N) is 3. The SMILES string of the molecule is COc1ccc(-c2nccnc2C(C)O)nc1. The molecule has 0 aliphatic carbocycles. The molecule has 0 saturated carbocycles. The van der Waals surface area contributed by atoms with E-state index in [0.29, 0.717) is 22.8 Å². The number of aliphatic hydroxyl groups is 1. The zero-order valence-corrected chi connectivity index (χ0v) is 9.66. The van der Waals surface area contributed by atoms with Crippen LogP contribution in [0.25, 0.3) is 11.4 Å². The highest BCUT2D eigenvalue weighted by atomic mass is 16.5. The number of aliphatic hydroxyl groups excluding tert-OH is 1. The lowest BCUT2D eigenvalue weighted by Gasteiger charge is -2.09. The summed E-state index contributed by atoms with van der Waals surface area (Å²) in [5.41, 5.74) is 1.77. The lowest BCUT2D eigenvalue weighted by molar-refractivity contribution is 0.194. The lowest BCUT2D eigenvalue weighted by Crippen LogP contribution is -2.01. The molecule has 0 saturated heterocycles. The maximum atomic E-state index is 9.61. The van der Waals surface area contributed by atoms with Crippen molar-refractivity contribution in [3.05, 3.63) is 36.4 Å². The summed E-state index contributed by atoms with van der Waals surface area (Å²) in [7, 11) is 1.58. The molecule has 0 aliphatic heterocycles. The van der Waals surface area contributed by atoms with Crippen molar-refractivity contribution < 1.29 is 9.84 Å². The quantitative estimate of drug-likeness (QED) is 0.869. The molecule has 1 N–H and O–H groups in total. The second-order valence-corrected chi connectivity index (χ2v) is 3.55. The van der Waals surface area contributed by atoms with E-state index in [0.717, 1.165) is 0 Å². The van der Waals surface area contributed by atoms with E-state index >= 15 is 0 Å². The second-order valence-electron chi connectivity index (χ2n) is 3.55. The summed E-state index contributed by atoms with van der Waals surface area (Å²) in [6.07, 6.45) is 4.06. The topological polar surface area (TPSA) is 68.1 Å². The van der Waals surface area contributed by atoms with E-state index in [1.54, 1.807) is 44.8 Å². The Labute approximate surface area is 99.2 Å². The predicted octanol–water partition coefficient (Wildman–Crippen LogP) is 1.60. The summed E-state index contributed by atoms with van der Waals surface area (Å²) in [6, 6.07) is 3.58. The number of methoxy groups -OCH3 is 1. The van der Waals surface area contributed by atoms with E-state index < -0.39 is 6.10 Å². The molecule has 0 amide bonds. The van der Waals surface area contributed by atoms with Gasteiger partial charge in [0.15, 0.2) is 0 Å². The van der Waals surface area contributed by atoms with Crippen LogP contribution in [0.4, 0.5) is 0 Å². The van der Waals surface area contributed by atoms with Crippen LogP contribution in [-0.2, 0) is 0 Å². The number of hydrogen-bond acceptors (Lipinski definition) is 5. The molecule has 0 radical (unpaired) electrons. The van der Waals surface area contributed by atoms with Crippen molar-refractivity contribution in [2.45, 2.75) is 13.0 Å². The Morgan fingerprint density at radius 3 is 2.53 bits per heavy atom. The van der Waals surface area contributed by atoms with Gasteiger partial charge in [-0.3, -0.25) is 15.0 Å². The molecule has 0 bridgehead atoms. The first-order valence-corrected chi connectivity index (χ1v) is 5.21. The Morgan fingerprint density at radius 2 is 1.94 bits per heavy atom. The number of aromatic nitrogens is 3. The smallest absolute Gasteiger partial charge is 0.137 e. The van der Waals surface area contributed by atoms with Gasteiger partial charge in [0, 0.05) is 12.4 Å². The van der Waals surface area contributed by atoms with E-state index in [1.807, 2.05) is 0 Å². The van der Waals surface area contributed by atoms with Crippen molar-refractivity contribution in [2.24, 2.45) is 0 Å².